The SMILES string of the molecule is COCCn1c(C)cc(/C=C(\C#N)C(=O)OCC(=O)Nc2cccc(Cl)c2C)c1C. The van der Waals surface area contributed by atoms with Gasteiger partial charge >= 0.3 is 5.97 Å². The molecular formula is C22H24ClN3O4. The van der Waals surface area contributed by atoms with Gasteiger partial charge in [-0.1, -0.05) is 17.7 Å². The van der Waals surface area contributed by atoms with Crippen molar-refractivity contribution < 1.29 is 19.1 Å². The van der Waals surface area contributed by atoms with Crippen LogP contribution in [0.5, 0.6) is 0 Å². The number of esters is 1. The van der Waals surface area contributed by atoms with E-state index in [1.54, 1.807) is 32.2 Å². The largest absolute Gasteiger partial charge is 0.451 e. The van der Waals surface area contributed by atoms with E-state index in [4.69, 9.17) is 21.1 Å². The fraction of sp³-hybridized carbons (Fsp3) is 0.318. The summed E-state index contributed by atoms with van der Waals surface area (Å²) in [5.74, 6) is -1.39. The average Bonchev–Trinajstić information content (AvgIpc) is 2.98. The Morgan fingerprint density at radius 2 is 2.03 bits per heavy atom. The van der Waals surface area contributed by atoms with E-state index in [2.05, 4.69) is 5.32 Å². The van der Waals surface area contributed by atoms with E-state index in [-0.39, 0.29) is 5.57 Å². The summed E-state index contributed by atoms with van der Waals surface area (Å²) in [5.41, 5.74) is 3.67. The number of ether oxygens (including phenoxy) is 2. The lowest BCUT2D eigenvalue weighted by atomic mass is 10.1. The lowest BCUT2D eigenvalue weighted by Crippen LogP contribution is -2.21. The fourth-order valence-electron chi connectivity index (χ4n) is 2.93. The number of aryl methyl sites for hydroxylation is 1. The molecule has 0 bridgehead atoms. The molecule has 1 N–H and O–H groups in total. The first-order valence-corrected chi connectivity index (χ1v) is 9.65. The Kier molecular flexibility index (Phi) is 8.22. The third kappa shape index (κ3) is 5.72. The van der Waals surface area contributed by atoms with Crippen molar-refractivity contribution in [1.29, 1.82) is 5.26 Å². The van der Waals surface area contributed by atoms with Crippen molar-refractivity contribution in [2.75, 3.05) is 25.6 Å². The number of amides is 1. The highest BCUT2D eigenvalue weighted by Gasteiger charge is 2.16. The smallest absolute Gasteiger partial charge is 0.349 e. The van der Waals surface area contributed by atoms with E-state index in [9.17, 15) is 14.9 Å². The third-order valence-corrected chi connectivity index (χ3v) is 5.06. The fourth-order valence-corrected chi connectivity index (χ4v) is 3.11. The molecule has 0 saturated heterocycles. The van der Waals surface area contributed by atoms with Crippen LogP contribution in [0, 0.1) is 32.1 Å². The highest BCUT2D eigenvalue weighted by Crippen LogP contribution is 2.23. The summed E-state index contributed by atoms with van der Waals surface area (Å²) < 4.78 is 12.2. The van der Waals surface area contributed by atoms with Crippen LogP contribution >= 0.6 is 11.6 Å². The second kappa shape index (κ2) is 10.6. The van der Waals surface area contributed by atoms with E-state index in [1.807, 2.05) is 30.6 Å². The molecule has 0 fully saturated rings. The minimum Gasteiger partial charge on any atom is -0.451 e. The number of nitriles is 1. The van der Waals surface area contributed by atoms with Crippen LogP contribution in [-0.4, -0.2) is 36.8 Å². The van der Waals surface area contributed by atoms with Crippen LogP contribution in [-0.2, 0) is 25.6 Å². The molecule has 0 aliphatic heterocycles. The van der Waals surface area contributed by atoms with E-state index in [0.717, 1.165) is 17.0 Å². The predicted molar refractivity (Wildman–Crippen MR) is 115 cm³/mol. The van der Waals surface area contributed by atoms with Gasteiger partial charge in [0, 0.05) is 35.8 Å². The van der Waals surface area contributed by atoms with Crippen LogP contribution in [0.4, 0.5) is 5.69 Å². The van der Waals surface area contributed by atoms with Gasteiger partial charge in [0.05, 0.1) is 6.61 Å². The van der Waals surface area contributed by atoms with Crippen LogP contribution < -0.4 is 5.32 Å². The zero-order chi connectivity index (χ0) is 22.3. The first kappa shape index (κ1) is 23.2. The van der Waals surface area contributed by atoms with Crippen molar-refractivity contribution in [3.8, 4) is 6.07 Å². The molecule has 8 heteroatoms. The maximum atomic E-state index is 12.3. The zero-order valence-electron chi connectivity index (χ0n) is 17.4. The summed E-state index contributed by atoms with van der Waals surface area (Å²) in [7, 11) is 1.63. The van der Waals surface area contributed by atoms with Gasteiger partial charge < -0.3 is 19.4 Å². The van der Waals surface area contributed by atoms with Gasteiger partial charge in [-0.25, -0.2) is 4.79 Å². The molecule has 2 aromatic rings. The maximum absolute atomic E-state index is 12.3. The van der Waals surface area contributed by atoms with Crippen LogP contribution in [0.1, 0.15) is 22.5 Å². The number of hydrogen-bond acceptors (Lipinski definition) is 5. The molecular weight excluding hydrogens is 406 g/mol. The lowest BCUT2D eigenvalue weighted by Gasteiger charge is -2.10. The number of anilines is 1. The third-order valence-electron chi connectivity index (χ3n) is 4.65. The molecule has 0 aliphatic rings. The standard InChI is InChI=1S/C22H24ClN3O4/c1-14-10-17(16(3)26(14)8-9-29-4)11-18(12-24)22(28)30-13-21(27)25-20-7-5-6-19(23)15(20)2/h5-7,10-11H,8-9,13H2,1-4H3,(H,25,27)/b18-11+. The van der Waals surface area contributed by atoms with Gasteiger partial charge in [0.25, 0.3) is 5.91 Å². The number of rotatable bonds is 8. The Morgan fingerprint density at radius 3 is 2.70 bits per heavy atom. The monoisotopic (exact) mass is 429 g/mol. The summed E-state index contributed by atoms with van der Waals surface area (Å²) in [6.07, 6.45) is 1.47. The molecule has 0 radical (unpaired) electrons. The quantitative estimate of drug-likeness (QED) is 0.391. The maximum Gasteiger partial charge on any atom is 0.349 e. The second-order valence-corrected chi connectivity index (χ2v) is 7.08. The molecule has 2 rings (SSSR count). The predicted octanol–water partition coefficient (Wildman–Crippen LogP) is 3.80. The van der Waals surface area contributed by atoms with Crippen LogP contribution in [0.15, 0.2) is 29.8 Å². The van der Waals surface area contributed by atoms with Crippen LogP contribution in [0.25, 0.3) is 6.08 Å². The Bertz CT molecular complexity index is 1020. The number of nitrogens with zero attached hydrogens (tertiary/aromatic N) is 2. The van der Waals surface area contributed by atoms with Gasteiger partial charge in [-0.05, 0) is 56.2 Å². The molecule has 30 heavy (non-hydrogen) atoms. The van der Waals surface area contributed by atoms with Crippen LogP contribution in [0.3, 0.4) is 0 Å². The minimum absolute atomic E-state index is 0.186. The number of hydrogen-bond donors (Lipinski definition) is 1. The Hall–Kier alpha value is -3.08. The molecule has 1 aromatic carbocycles. The summed E-state index contributed by atoms with van der Waals surface area (Å²) in [4.78, 5) is 24.4. The summed E-state index contributed by atoms with van der Waals surface area (Å²) in [6, 6.07) is 8.83. The zero-order valence-corrected chi connectivity index (χ0v) is 18.2. The van der Waals surface area contributed by atoms with E-state index < -0.39 is 18.5 Å². The molecule has 7 nitrogen and oxygen atoms in total. The summed E-state index contributed by atoms with van der Waals surface area (Å²) >= 11 is 6.03. The number of benzene rings is 1. The van der Waals surface area contributed by atoms with Crippen molar-refractivity contribution in [2.45, 2.75) is 27.3 Å². The number of carbonyl (C=O) groups excluding carboxylic acids is 2. The number of carbonyl (C=O) groups is 2. The number of aromatic nitrogens is 1. The normalized spacial score (nSPS) is 11.1. The molecule has 0 saturated carbocycles. The minimum atomic E-state index is -0.864. The molecule has 1 aromatic heterocycles. The number of nitrogens with one attached hydrogen (secondary N) is 1. The van der Waals surface area contributed by atoms with E-state index in [0.29, 0.717) is 29.4 Å². The summed E-state index contributed by atoms with van der Waals surface area (Å²) in [5, 5.41) is 12.5. The Morgan fingerprint density at radius 1 is 1.30 bits per heavy atom. The first-order chi connectivity index (χ1) is 14.3. The van der Waals surface area contributed by atoms with Crippen molar-refractivity contribution in [3.05, 3.63) is 57.4 Å². The highest BCUT2D eigenvalue weighted by molar-refractivity contribution is 6.31. The molecule has 0 atom stereocenters. The van der Waals surface area contributed by atoms with E-state index >= 15 is 0 Å². The van der Waals surface area contributed by atoms with Crippen LogP contribution in [0.2, 0.25) is 5.02 Å². The molecule has 0 unspecified atom stereocenters. The average molecular weight is 430 g/mol. The Labute approximate surface area is 180 Å². The second-order valence-electron chi connectivity index (χ2n) is 6.68. The Balaban J connectivity index is 2.05. The topological polar surface area (TPSA) is 93.3 Å². The molecule has 0 spiro atoms. The summed E-state index contributed by atoms with van der Waals surface area (Å²) in [6.45, 7) is 6.30. The van der Waals surface area contributed by atoms with Gasteiger partial charge in [0.2, 0.25) is 0 Å². The van der Waals surface area contributed by atoms with Gasteiger partial charge in [-0.15, -0.1) is 0 Å². The van der Waals surface area contributed by atoms with Gasteiger partial charge in [0.15, 0.2) is 6.61 Å². The lowest BCUT2D eigenvalue weighted by molar-refractivity contribution is -0.142. The molecule has 1 heterocycles. The van der Waals surface area contributed by atoms with Crippen molar-refractivity contribution in [3.63, 3.8) is 0 Å². The van der Waals surface area contributed by atoms with Crippen molar-refractivity contribution >= 4 is 35.2 Å². The number of halogens is 1. The van der Waals surface area contributed by atoms with Crippen molar-refractivity contribution in [2.24, 2.45) is 0 Å². The van der Waals surface area contributed by atoms with Gasteiger partial charge in [-0.3, -0.25) is 4.79 Å². The first-order valence-electron chi connectivity index (χ1n) is 9.28. The van der Waals surface area contributed by atoms with Gasteiger partial charge in [0.1, 0.15) is 11.6 Å². The highest BCUT2D eigenvalue weighted by atomic mass is 35.5. The number of methoxy groups -OCH3 is 1. The van der Waals surface area contributed by atoms with Gasteiger partial charge in [-0.2, -0.15) is 5.26 Å². The van der Waals surface area contributed by atoms with Crippen molar-refractivity contribution in [1.82, 2.24) is 4.57 Å². The molecule has 0 aliphatic carbocycles. The van der Waals surface area contributed by atoms with E-state index in [1.165, 1.54) is 6.08 Å². The molecule has 1 amide bonds. The molecule has 158 valence electrons.